The average Bonchev–Trinajstić information content (AvgIpc) is 3.47. The van der Waals surface area contributed by atoms with Crippen LogP contribution < -0.4 is 25.6 Å². The van der Waals surface area contributed by atoms with Crippen molar-refractivity contribution in [2.75, 3.05) is 56.0 Å². The van der Waals surface area contributed by atoms with Crippen molar-refractivity contribution in [1.82, 2.24) is 35.4 Å². The first-order valence-corrected chi connectivity index (χ1v) is 16.4. The molecule has 0 bridgehead atoms. The van der Waals surface area contributed by atoms with E-state index in [0.29, 0.717) is 56.2 Å². The van der Waals surface area contributed by atoms with Crippen LogP contribution in [-0.4, -0.2) is 112 Å². The van der Waals surface area contributed by atoms with Crippen molar-refractivity contribution >= 4 is 23.6 Å². The molecule has 14 heteroatoms. The Morgan fingerprint density at radius 1 is 1.13 bits per heavy atom. The van der Waals surface area contributed by atoms with Gasteiger partial charge in [-0.1, -0.05) is 6.07 Å². The number of nitrogens with one attached hydrogen (secondary N) is 3. The van der Waals surface area contributed by atoms with Gasteiger partial charge in [0.25, 0.3) is 5.91 Å². The van der Waals surface area contributed by atoms with Gasteiger partial charge >= 0.3 is 0 Å². The molecular formula is C33H45N9O5. The first-order valence-electron chi connectivity index (χ1n) is 16.4. The van der Waals surface area contributed by atoms with Crippen molar-refractivity contribution in [2.24, 2.45) is 0 Å². The normalized spacial score (nSPS) is 19.2. The number of likely N-dealkylation sites (tertiary alicyclic amines) is 1. The molecule has 2 fully saturated rings. The van der Waals surface area contributed by atoms with E-state index in [1.165, 1.54) is 6.39 Å². The number of fused-ring (bicyclic) bond motifs is 1. The van der Waals surface area contributed by atoms with Crippen LogP contribution in [0.4, 0.5) is 11.8 Å². The minimum Gasteiger partial charge on any atom is -0.486 e. The van der Waals surface area contributed by atoms with E-state index in [9.17, 15) is 14.7 Å². The molecule has 0 spiro atoms. The van der Waals surface area contributed by atoms with Crippen LogP contribution >= 0.6 is 0 Å². The second kappa shape index (κ2) is 14.2. The summed E-state index contributed by atoms with van der Waals surface area (Å²) in [7, 11) is 0. The summed E-state index contributed by atoms with van der Waals surface area (Å²) in [6.45, 7) is 13.2. The zero-order chi connectivity index (χ0) is 33.1. The molecule has 1 aromatic carbocycles. The standard InChI is InChI=1S/C33H45N9O5/c1-20(2)40-7-9-41(10-8-40)33-38-28(13-31(39-33)37-25-16-42(17-25)22(4)43)32(45)35-15-29(44)27-12-23-5-6-26(11-24(23)14-34-27)46-18-30-21(3)36-19-47-30/h5-6,11,13,19-20,25,27,29,34,44H,7-10,12,14-18H2,1-4H3,(H,35,45)(H,37,38,39)/t27-,29?/m0/s1. The Balaban J connectivity index is 1.06. The number of ether oxygens (including phenoxy) is 1. The highest BCUT2D eigenvalue weighted by Crippen LogP contribution is 2.25. The van der Waals surface area contributed by atoms with E-state index in [-0.39, 0.29) is 36.1 Å². The van der Waals surface area contributed by atoms with Gasteiger partial charge in [-0.25, -0.2) is 9.97 Å². The van der Waals surface area contributed by atoms with E-state index in [1.807, 2.05) is 25.1 Å². The van der Waals surface area contributed by atoms with Crippen molar-refractivity contribution < 1.29 is 23.8 Å². The largest absolute Gasteiger partial charge is 0.486 e. The minimum absolute atomic E-state index is 0.0388. The molecule has 4 N–H and O–H groups in total. The monoisotopic (exact) mass is 647 g/mol. The highest BCUT2D eigenvalue weighted by molar-refractivity contribution is 5.93. The summed E-state index contributed by atoms with van der Waals surface area (Å²) in [5.41, 5.74) is 3.26. The first kappa shape index (κ1) is 32.7. The minimum atomic E-state index is -0.812. The summed E-state index contributed by atoms with van der Waals surface area (Å²) in [5.74, 6) is 2.14. The third-order valence-electron chi connectivity index (χ3n) is 9.28. The number of hydrogen-bond donors (Lipinski definition) is 4. The molecule has 3 aromatic rings. The maximum atomic E-state index is 13.4. The predicted octanol–water partition coefficient (Wildman–Crippen LogP) is 1.33. The van der Waals surface area contributed by atoms with Gasteiger partial charge in [0.1, 0.15) is 23.9 Å². The number of nitrogens with zero attached hydrogens (tertiary/aromatic N) is 6. The average molecular weight is 648 g/mol. The lowest BCUT2D eigenvalue weighted by atomic mass is 9.92. The number of benzene rings is 1. The smallest absolute Gasteiger partial charge is 0.270 e. The van der Waals surface area contributed by atoms with Crippen LogP contribution in [0.3, 0.4) is 0 Å². The van der Waals surface area contributed by atoms with Crippen molar-refractivity contribution in [1.29, 1.82) is 0 Å². The van der Waals surface area contributed by atoms with Crippen molar-refractivity contribution in [3.8, 4) is 5.75 Å². The Kier molecular flexibility index (Phi) is 9.89. The highest BCUT2D eigenvalue weighted by Gasteiger charge is 2.30. The number of hydrogen-bond acceptors (Lipinski definition) is 12. The Morgan fingerprint density at radius 3 is 2.62 bits per heavy atom. The van der Waals surface area contributed by atoms with E-state index in [2.05, 4.69) is 49.6 Å². The summed E-state index contributed by atoms with van der Waals surface area (Å²) >= 11 is 0. The third-order valence-corrected chi connectivity index (χ3v) is 9.28. The molecule has 1 unspecified atom stereocenters. The molecule has 2 saturated heterocycles. The lowest BCUT2D eigenvalue weighted by Gasteiger charge is -2.39. The molecule has 47 heavy (non-hydrogen) atoms. The van der Waals surface area contributed by atoms with Gasteiger partial charge in [0, 0.05) is 77.4 Å². The molecule has 0 saturated carbocycles. The zero-order valence-corrected chi connectivity index (χ0v) is 27.5. The van der Waals surface area contributed by atoms with Crippen LogP contribution in [0.5, 0.6) is 5.75 Å². The molecule has 2 atom stereocenters. The number of aromatic nitrogens is 3. The molecule has 6 rings (SSSR count). The van der Waals surface area contributed by atoms with Gasteiger partial charge in [0.05, 0.1) is 17.8 Å². The van der Waals surface area contributed by atoms with Gasteiger partial charge in [0.15, 0.2) is 12.2 Å². The molecule has 2 aromatic heterocycles. The number of carbonyl (C=O) groups excluding carboxylic acids is 2. The van der Waals surface area contributed by atoms with Crippen LogP contribution in [0.2, 0.25) is 0 Å². The molecule has 252 valence electrons. The number of rotatable bonds is 11. The van der Waals surface area contributed by atoms with Gasteiger partial charge in [-0.3, -0.25) is 14.5 Å². The summed E-state index contributed by atoms with van der Waals surface area (Å²) < 4.78 is 11.3. The molecule has 14 nitrogen and oxygen atoms in total. The number of anilines is 2. The van der Waals surface area contributed by atoms with Crippen molar-refractivity contribution in [3.05, 3.63) is 58.9 Å². The highest BCUT2D eigenvalue weighted by atomic mass is 16.5. The maximum absolute atomic E-state index is 13.4. The Morgan fingerprint density at radius 2 is 1.91 bits per heavy atom. The topological polar surface area (TPSA) is 161 Å². The third kappa shape index (κ3) is 7.83. The van der Waals surface area contributed by atoms with Gasteiger partial charge in [-0.05, 0) is 50.5 Å². The van der Waals surface area contributed by atoms with Gasteiger partial charge < -0.3 is 40.0 Å². The summed E-state index contributed by atoms with van der Waals surface area (Å²) in [5, 5.41) is 20.7. The Bertz CT molecular complexity index is 1570. The van der Waals surface area contributed by atoms with Gasteiger partial charge in [-0.2, -0.15) is 4.98 Å². The quantitative estimate of drug-likeness (QED) is 0.237. The Hall–Kier alpha value is -4.27. The van der Waals surface area contributed by atoms with Gasteiger partial charge in [-0.15, -0.1) is 0 Å². The second-order valence-electron chi connectivity index (χ2n) is 12.9. The number of carbonyl (C=O) groups is 2. The predicted molar refractivity (Wildman–Crippen MR) is 175 cm³/mol. The van der Waals surface area contributed by atoms with Crippen LogP contribution in [0, 0.1) is 6.92 Å². The van der Waals surface area contributed by atoms with Crippen molar-refractivity contribution in [3.63, 3.8) is 0 Å². The van der Waals surface area contributed by atoms with E-state index in [0.717, 1.165) is 48.7 Å². The SMILES string of the molecule is CC(=O)N1CC(Nc2cc(C(=O)NCC(O)[C@@H]3Cc4ccc(OCc5ocnc5C)cc4CN3)nc(N3CCN(C(C)C)CC3)n2)C1. The summed E-state index contributed by atoms with van der Waals surface area (Å²) in [4.78, 5) is 44.8. The molecule has 2 amide bonds. The van der Waals surface area contributed by atoms with Crippen LogP contribution in [0.25, 0.3) is 0 Å². The number of aliphatic hydroxyl groups excluding tert-OH is 1. The number of aliphatic hydroxyl groups is 1. The van der Waals surface area contributed by atoms with E-state index in [4.69, 9.17) is 14.1 Å². The maximum Gasteiger partial charge on any atom is 0.270 e. The molecule has 0 radical (unpaired) electrons. The van der Waals surface area contributed by atoms with Crippen LogP contribution in [0.1, 0.15) is 53.8 Å². The lowest BCUT2D eigenvalue weighted by Crippen LogP contribution is -2.56. The molecular weight excluding hydrogens is 602 g/mol. The van der Waals surface area contributed by atoms with Crippen LogP contribution in [-0.2, 0) is 24.4 Å². The molecule has 0 aliphatic carbocycles. The van der Waals surface area contributed by atoms with Crippen molar-refractivity contribution in [2.45, 2.75) is 71.5 Å². The summed E-state index contributed by atoms with van der Waals surface area (Å²) in [6.07, 6.45) is 1.21. The fraction of sp³-hybridized carbons (Fsp3) is 0.545. The number of piperazine rings is 1. The zero-order valence-electron chi connectivity index (χ0n) is 27.5. The summed E-state index contributed by atoms with van der Waals surface area (Å²) in [6, 6.07) is 7.86. The van der Waals surface area contributed by atoms with E-state index < -0.39 is 6.10 Å². The van der Waals surface area contributed by atoms with E-state index in [1.54, 1.807) is 17.9 Å². The molecule has 3 aliphatic rings. The first-order chi connectivity index (χ1) is 22.6. The second-order valence-corrected chi connectivity index (χ2v) is 12.9. The Labute approximate surface area is 274 Å². The number of amides is 2. The molecule has 3 aliphatic heterocycles. The number of oxazole rings is 1. The lowest BCUT2D eigenvalue weighted by molar-refractivity contribution is -0.132. The van der Waals surface area contributed by atoms with E-state index >= 15 is 0 Å². The fourth-order valence-corrected chi connectivity index (χ4v) is 6.16. The fourth-order valence-electron chi connectivity index (χ4n) is 6.16. The van der Waals surface area contributed by atoms with Gasteiger partial charge in [0.2, 0.25) is 11.9 Å². The molecule has 5 heterocycles. The van der Waals surface area contributed by atoms with Crippen LogP contribution in [0.15, 0.2) is 35.1 Å². The number of aryl methyl sites for hydroxylation is 1.